The molecular formula is C15H17N5O2S2. The maximum Gasteiger partial charge on any atom is 0.281 e. The van der Waals surface area contributed by atoms with Crippen molar-refractivity contribution in [2.75, 3.05) is 5.32 Å². The number of aryl methyl sites for hydroxylation is 1. The third-order valence-corrected chi connectivity index (χ3v) is 4.19. The molecule has 7 nitrogen and oxygen atoms in total. The van der Waals surface area contributed by atoms with Gasteiger partial charge in [0, 0.05) is 13.5 Å². The summed E-state index contributed by atoms with van der Waals surface area (Å²) in [6.45, 7) is 3.63. The number of thiocarbonyl (C=S) groups is 1. The van der Waals surface area contributed by atoms with Crippen molar-refractivity contribution in [1.82, 2.24) is 21.2 Å². The van der Waals surface area contributed by atoms with E-state index in [-0.39, 0.29) is 11.8 Å². The molecule has 9 heteroatoms. The van der Waals surface area contributed by atoms with E-state index in [1.54, 1.807) is 6.92 Å². The quantitative estimate of drug-likeness (QED) is 0.488. The molecule has 2 amide bonds. The van der Waals surface area contributed by atoms with Gasteiger partial charge < -0.3 is 10.6 Å². The highest BCUT2D eigenvalue weighted by Crippen LogP contribution is 2.22. The van der Waals surface area contributed by atoms with Crippen molar-refractivity contribution in [3.8, 4) is 0 Å². The highest BCUT2D eigenvalue weighted by atomic mass is 32.1. The van der Waals surface area contributed by atoms with E-state index in [1.165, 1.54) is 6.92 Å². The fraction of sp³-hybridized carbons (Fsp3) is 0.200. The van der Waals surface area contributed by atoms with Crippen LogP contribution in [0, 0.1) is 6.92 Å². The Kier molecular flexibility index (Phi) is 6.21. The van der Waals surface area contributed by atoms with Crippen LogP contribution in [0.2, 0.25) is 0 Å². The van der Waals surface area contributed by atoms with Gasteiger partial charge in [0.2, 0.25) is 5.91 Å². The number of nitrogens with one attached hydrogen (secondary N) is 4. The average Bonchev–Trinajstić information content (AvgIpc) is 2.91. The number of nitrogens with zero attached hydrogens (tertiary/aromatic N) is 1. The molecule has 0 aliphatic carbocycles. The standard InChI is InChI=1S/C15H17N5O2S2/c1-9-12(24-15(17-9)18-10(2)21)13(22)19-20-14(23)16-8-11-6-4-3-5-7-11/h3-7H,8H2,1-2H3,(H,19,22)(H2,16,20,23)(H,17,18,21). The van der Waals surface area contributed by atoms with E-state index >= 15 is 0 Å². The van der Waals surface area contributed by atoms with Gasteiger partial charge in [-0.15, -0.1) is 0 Å². The zero-order valence-electron chi connectivity index (χ0n) is 13.2. The number of thiazole rings is 1. The largest absolute Gasteiger partial charge is 0.357 e. The summed E-state index contributed by atoms with van der Waals surface area (Å²) < 4.78 is 0. The second-order valence-electron chi connectivity index (χ2n) is 4.86. The third-order valence-electron chi connectivity index (χ3n) is 2.87. The first-order valence-electron chi connectivity index (χ1n) is 7.09. The Morgan fingerprint density at radius 3 is 2.58 bits per heavy atom. The summed E-state index contributed by atoms with van der Waals surface area (Å²) >= 11 is 6.21. The molecule has 4 N–H and O–H groups in total. The number of carbonyl (C=O) groups excluding carboxylic acids is 2. The molecule has 0 fully saturated rings. The molecule has 0 unspecified atom stereocenters. The molecular weight excluding hydrogens is 346 g/mol. The van der Waals surface area contributed by atoms with Crippen LogP contribution < -0.4 is 21.5 Å². The van der Waals surface area contributed by atoms with Crippen molar-refractivity contribution in [3.63, 3.8) is 0 Å². The number of amides is 2. The van der Waals surface area contributed by atoms with Crippen LogP contribution in [0.25, 0.3) is 0 Å². The summed E-state index contributed by atoms with van der Waals surface area (Å²) in [4.78, 5) is 27.7. The number of rotatable bonds is 4. The van der Waals surface area contributed by atoms with Crippen LogP contribution >= 0.6 is 23.6 Å². The zero-order valence-corrected chi connectivity index (χ0v) is 14.8. The molecule has 0 aliphatic rings. The van der Waals surface area contributed by atoms with E-state index < -0.39 is 0 Å². The fourth-order valence-corrected chi connectivity index (χ4v) is 2.83. The number of benzene rings is 1. The van der Waals surface area contributed by atoms with Crippen LogP contribution in [0.15, 0.2) is 30.3 Å². The predicted molar refractivity (Wildman–Crippen MR) is 97.6 cm³/mol. The van der Waals surface area contributed by atoms with E-state index in [1.807, 2.05) is 30.3 Å². The number of anilines is 1. The Labute approximate surface area is 148 Å². The van der Waals surface area contributed by atoms with Gasteiger partial charge in [-0.05, 0) is 24.7 Å². The fourth-order valence-electron chi connectivity index (χ4n) is 1.80. The van der Waals surface area contributed by atoms with Gasteiger partial charge in [-0.1, -0.05) is 41.7 Å². The SMILES string of the molecule is CC(=O)Nc1nc(C)c(C(=O)NNC(=S)NCc2ccccc2)s1. The molecule has 2 rings (SSSR count). The first-order valence-corrected chi connectivity index (χ1v) is 8.31. The lowest BCUT2D eigenvalue weighted by atomic mass is 10.2. The molecule has 0 spiro atoms. The van der Waals surface area contributed by atoms with Crippen LogP contribution in [0.3, 0.4) is 0 Å². The van der Waals surface area contributed by atoms with Crippen molar-refractivity contribution < 1.29 is 9.59 Å². The maximum atomic E-state index is 12.1. The van der Waals surface area contributed by atoms with E-state index in [0.29, 0.717) is 27.4 Å². The molecule has 24 heavy (non-hydrogen) atoms. The number of aromatic nitrogens is 1. The second-order valence-corrected chi connectivity index (χ2v) is 6.27. The molecule has 0 atom stereocenters. The Morgan fingerprint density at radius 2 is 1.92 bits per heavy atom. The normalized spacial score (nSPS) is 9.92. The van der Waals surface area contributed by atoms with Gasteiger partial charge in [0.25, 0.3) is 5.91 Å². The van der Waals surface area contributed by atoms with Crippen LogP contribution in [0.4, 0.5) is 5.13 Å². The summed E-state index contributed by atoms with van der Waals surface area (Å²) in [6, 6.07) is 9.76. The number of carbonyl (C=O) groups is 2. The molecule has 0 saturated carbocycles. The van der Waals surface area contributed by atoms with Gasteiger partial charge >= 0.3 is 0 Å². The summed E-state index contributed by atoms with van der Waals surface area (Å²) in [7, 11) is 0. The van der Waals surface area contributed by atoms with E-state index in [4.69, 9.17) is 12.2 Å². The highest BCUT2D eigenvalue weighted by molar-refractivity contribution is 7.80. The molecule has 1 heterocycles. The van der Waals surface area contributed by atoms with Gasteiger partial charge in [0.15, 0.2) is 10.2 Å². The van der Waals surface area contributed by atoms with Crippen LogP contribution in [0.1, 0.15) is 27.9 Å². The van der Waals surface area contributed by atoms with E-state index in [9.17, 15) is 9.59 Å². The van der Waals surface area contributed by atoms with Gasteiger partial charge in [-0.3, -0.25) is 20.4 Å². The highest BCUT2D eigenvalue weighted by Gasteiger charge is 2.15. The first kappa shape index (κ1) is 17.8. The predicted octanol–water partition coefficient (Wildman–Crippen LogP) is 1.72. The summed E-state index contributed by atoms with van der Waals surface area (Å²) in [5.41, 5.74) is 6.76. The van der Waals surface area contributed by atoms with Gasteiger partial charge in [0.1, 0.15) is 4.88 Å². The van der Waals surface area contributed by atoms with Gasteiger partial charge in [0.05, 0.1) is 5.69 Å². The Balaban J connectivity index is 1.83. The molecule has 1 aromatic heterocycles. The summed E-state index contributed by atoms with van der Waals surface area (Å²) in [5.74, 6) is -0.606. The molecule has 0 bridgehead atoms. The molecule has 0 radical (unpaired) electrons. The summed E-state index contributed by atoms with van der Waals surface area (Å²) in [5, 5.41) is 6.23. The summed E-state index contributed by atoms with van der Waals surface area (Å²) in [6.07, 6.45) is 0. The Hall–Kier alpha value is -2.52. The lowest BCUT2D eigenvalue weighted by Crippen LogP contribution is -2.46. The first-order chi connectivity index (χ1) is 11.5. The third kappa shape index (κ3) is 5.28. The van der Waals surface area contributed by atoms with E-state index in [0.717, 1.165) is 16.9 Å². The zero-order chi connectivity index (χ0) is 17.5. The molecule has 2 aromatic rings. The number of hydrogen-bond donors (Lipinski definition) is 4. The van der Waals surface area contributed by atoms with Crippen LogP contribution in [-0.2, 0) is 11.3 Å². The van der Waals surface area contributed by atoms with Crippen molar-refractivity contribution in [2.24, 2.45) is 0 Å². The van der Waals surface area contributed by atoms with Crippen molar-refractivity contribution in [1.29, 1.82) is 0 Å². The Morgan fingerprint density at radius 1 is 1.21 bits per heavy atom. The molecule has 0 saturated heterocycles. The Bertz CT molecular complexity index is 746. The molecule has 0 aliphatic heterocycles. The van der Waals surface area contributed by atoms with Gasteiger partial charge in [-0.25, -0.2) is 4.98 Å². The van der Waals surface area contributed by atoms with Crippen molar-refractivity contribution >= 4 is 45.6 Å². The second kappa shape index (κ2) is 8.37. The smallest absolute Gasteiger partial charge is 0.281 e. The minimum Gasteiger partial charge on any atom is -0.357 e. The maximum absolute atomic E-state index is 12.1. The number of hydrogen-bond acceptors (Lipinski definition) is 5. The molecule has 126 valence electrons. The van der Waals surface area contributed by atoms with Crippen LogP contribution in [0.5, 0.6) is 0 Å². The van der Waals surface area contributed by atoms with E-state index in [2.05, 4.69) is 26.5 Å². The lowest BCUT2D eigenvalue weighted by Gasteiger charge is -2.11. The lowest BCUT2D eigenvalue weighted by molar-refractivity contribution is -0.114. The molecule has 1 aromatic carbocycles. The van der Waals surface area contributed by atoms with Crippen LogP contribution in [-0.4, -0.2) is 21.9 Å². The van der Waals surface area contributed by atoms with Crippen molar-refractivity contribution in [2.45, 2.75) is 20.4 Å². The minimum absolute atomic E-state index is 0.236. The van der Waals surface area contributed by atoms with Crippen molar-refractivity contribution in [3.05, 3.63) is 46.5 Å². The monoisotopic (exact) mass is 363 g/mol. The minimum atomic E-state index is -0.370. The number of hydrazine groups is 1. The topological polar surface area (TPSA) is 95.2 Å². The average molecular weight is 363 g/mol. The van der Waals surface area contributed by atoms with Gasteiger partial charge in [-0.2, -0.15) is 0 Å².